The van der Waals surface area contributed by atoms with E-state index in [0.717, 1.165) is 24.0 Å². The normalized spacial score (nSPS) is 14.8. The van der Waals surface area contributed by atoms with Gasteiger partial charge in [-0.3, -0.25) is 19.1 Å². The van der Waals surface area contributed by atoms with E-state index in [4.69, 9.17) is 14.5 Å². The van der Waals surface area contributed by atoms with Gasteiger partial charge in [0.15, 0.2) is 11.5 Å². The molecule has 0 saturated heterocycles. The minimum Gasteiger partial charge on any atom is -0.493 e. The summed E-state index contributed by atoms with van der Waals surface area (Å²) in [6, 6.07) is 10.0. The molecule has 3 aromatic heterocycles. The van der Waals surface area contributed by atoms with Crippen molar-refractivity contribution in [3.05, 3.63) is 83.1 Å². The van der Waals surface area contributed by atoms with Gasteiger partial charge in [-0.1, -0.05) is 6.07 Å². The Morgan fingerprint density at radius 3 is 2.62 bits per heavy atom. The second kappa shape index (κ2) is 10.6. The molecule has 1 aromatic carbocycles. The monoisotopic (exact) mass is 498 g/mol. The molecule has 1 aliphatic heterocycles. The van der Waals surface area contributed by atoms with Gasteiger partial charge < -0.3 is 14.8 Å². The lowest BCUT2D eigenvalue weighted by atomic mass is 10.0. The van der Waals surface area contributed by atoms with E-state index in [9.17, 15) is 9.59 Å². The first-order valence-electron chi connectivity index (χ1n) is 11.9. The highest BCUT2D eigenvalue weighted by atomic mass is 16.5. The highest BCUT2D eigenvalue weighted by molar-refractivity contribution is 5.95. The third-order valence-electron chi connectivity index (χ3n) is 6.34. The van der Waals surface area contributed by atoms with Gasteiger partial charge in [0, 0.05) is 36.8 Å². The lowest BCUT2D eigenvalue weighted by Crippen LogP contribution is -2.34. The fourth-order valence-electron chi connectivity index (χ4n) is 4.45. The second-order valence-electron chi connectivity index (χ2n) is 8.64. The van der Waals surface area contributed by atoms with Crippen molar-refractivity contribution in [2.24, 2.45) is 0 Å². The fraction of sp³-hybridized carbons (Fsp3) is 0.259. The van der Waals surface area contributed by atoms with Gasteiger partial charge in [0.2, 0.25) is 0 Å². The molecule has 1 unspecified atom stereocenters. The standard InChI is InChI=1S/C27H26N6O4/c1-36-23-7-6-17(12-24(23)37-2)18-11-19(15-29-14-18)27(35)32-21-5-3-4-10-33-25(34)13-22(31-26(21)33)20-8-9-28-16-30-20/h6-9,11-16,21H,3-5,10H2,1-2H3,(H,32,35). The van der Waals surface area contributed by atoms with E-state index >= 15 is 0 Å². The molecule has 1 amide bonds. The molecule has 4 aromatic rings. The number of hydrogen-bond acceptors (Lipinski definition) is 8. The molecule has 1 aliphatic rings. The first-order chi connectivity index (χ1) is 18.1. The Morgan fingerprint density at radius 2 is 1.84 bits per heavy atom. The average Bonchev–Trinajstić information content (AvgIpc) is 3.15. The number of benzene rings is 1. The molecular formula is C27H26N6O4. The largest absolute Gasteiger partial charge is 0.493 e. The molecule has 1 atom stereocenters. The van der Waals surface area contributed by atoms with Crippen LogP contribution in [0.5, 0.6) is 11.5 Å². The molecule has 4 heterocycles. The highest BCUT2D eigenvalue weighted by Crippen LogP contribution is 2.32. The van der Waals surface area contributed by atoms with Crippen molar-refractivity contribution in [3.8, 4) is 34.0 Å². The van der Waals surface area contributed by atoms with Crippen LogP contribution in [0.2, 0.25) is 0 Å². The average molecular weight is 499 g/mol. The summed E-state index contributed by atoms with van der Waals surface area (Å²) in [5, 5.41) is 3.08. The summed E-state index contributed by atoms with van der Waals surface area (Å²) < 4.78 is 12.4. The van der Waals surface area contributed by atoms with Crippen molar-refractivity contribution >= 4 is 5.91 Å². The van der Waals surface area contributed by atoms with Gasteiger partial charge in [0.05, 0.1) is 37.2 Å². The Labute approximate surface area is 213 Å². The summed E-state index contributed by atoms with van der Waals surface area (Å²) in [4.78, 5) is 43.5. The first kappa shape index (κ1) is 24.1. The van der Waals surface area contributed by atoms with E-state index in [1.807, 2.05) is 18.2 Å². The zero-order valence-corrected chi connectivity index (χ0v) is 20.5. The second-order valence-corrected chi connectivity index (χ2v) is 8.64. The number of aromatic nitrogens is 5. The van der Waals surface area contributed by atoms with Crippen LogP contribution in [0.25, 0.3) is 22.5 Å². The molecule has 0 spiro atoms. The molecule has 5 rings (SSSR count). The maximum atomic E-state index is 13.4. The third-order valence-corrected chi connectivity index (χ3v) is 6.34. The van der Waals surface area contributed by atoms with E-state index < -0.39 is 6.04 Å². The van der Waals surface area contributed by atoms with Crippen molar-refractivity contribution < 1.29 is 14.3 Å². The van der Waals surface area contributed by atoms with Crippen LogP contribution in [0.1, 0.15) is 41.5 Å². The van der Waals surface area contributed by atoms with Crippen molar-refractivity contribution in [3.63, 3.8) is 0 Å². The maximum absolute atomic E-state index is 13.4. The summed E-state index contributed by atoms with van der Waals surface area (Å²) in [5.74, 6) is 1.43. The lowest BCUT2D eigenvalue weighted by molar-refractivity contribution is 0.0932. The number of nitrogens with one attached hydrogen (secondary N) is 1. The molecule has 37 heavy (non-hydrogen) atoms. The topological polar surface area (TPSA) is 121 Å². The van der Waals surface area contributed by atoms with Crippen molar-refractivity contribution in [1.82, 2.24) is 29.8 Å². The van der Waals surface area contributed by atoms with Gasteiger partial charge >= 0.3 is 0 Å². The number of amides is 1. The highest BCUT2D eigenvalue weighted by Gasteiger charge is 2.25. The molecule has 0 bridgehead atoms. The summed E-state index contributed by atoms with van der Waals surface area (Å²) >= 11 is 0. The van der Waals surface area contributed by atoms with Crippen LogP contribution in [0, 0.1) is 0 Å². The Kier molecular flexibility index (Phi) is 6.89. The molecule has 0 radical (unpaired) electrons. The molecule has 1 N–H and O–H groups in total. The van der Waals surface area contributed by atoms with Gasteiger partial charge in [-0.2, -0.15) is 0 Å². The number of fused-ring (bicyclic) bond motifs is 1. The number of nitrogens with zero attached hydrogens (tertiary/aromatic N) is 5. The quantitative estimate of drug-likeness (QED) is 0.429. The van der Waals surface area contributed by atoms with Crippen LogP contribution in [-0.2, 0) is 6.54 Å². The van der Waals surface area contributed by atoms with Crippen LogP contribution >= 0.6 is 0 Å². The smallest absolute Gasteiger partial charge is 0.254 e. The van der Waals surface area contributed by atoms with Crippen LogP contribution in [0.4, 0.5) is 0 Å². The molecule has 10 nitrogen and oxygen atoms in total. The van der Waals surface area contributed by atoms with Crippen LogP contribution in [-0.4, -0.2) is 44.6 Å². The molecular weight excluding hydrogens is 472 g/mol. The van der Waals surface area contributed by atoms with Crippen molar-refractivity contribution in [1.29, 1.82) is 0 Å². The Balaban J connectivity index is 1.45. The predicted octanol–water partition coefficient (Wildman–Crippen LogP) is 3.43. The van der Waals surface area contributed by atoms with Gasteiger partial charge in [0.1, 0.15) is 12.2 Å². The van der Waals surface area contributed by atoms with Crippen LogP contribution in [0.3, 0.4) is 0 Å². The Morgan fingerprint density at radius 1 is 0.973 bits per heavy atom. The number of hydrogen-bond donors (Lipinski definition) is 1. The fourth-order valence-corrected chi connectivity index (χ4v) is 4.45. The lowest BCUT2D eigenvalue weighted by Gasteiger charge is -2.20. The minimum absolute atomic E-state index is 0.170. The zero-order valence-electron chi connectivity index (χ0n) is 20.5. The number of methoxy groups -OCH3 is 2. The van der Waals surface area contributed by atoms with Gasteiger partial charge in [-0.15, -0.1) is 0 Å². The van der Waals surface area contributed by atoms with Crippen molar-refractivity contribution in [2.75, 3.05) is 14.2 Å². The van der Waals surface area contributed by atoms with Crippen molar-refractivity contribution in [2.45, 2.75) is 31.8 Å². The number of carbonyl (C=O) groups excluding carboxylic acids is 1. The van der Waals surface area contributed by atoms with Crippen LogP contribution < -0.4 is 20.3 Å². The number of ether oxygens (including phenoxy) is 2. The summed E-state index contributed by atoms with van der Waals surface area (Å²) in [5.41, 5.74) is 2.83. The summed E-state index contributed by atoms with van der Waals surface area (Å²) in [6.07, 6.45) is 8.56. The van der Waals surface area contributed by atoms with Gasteiger partial charge in [-0.05, 0) is 49.1 Å². The predicted molar refractivity (Wildman–Crippen MR) is 136 cm³/mol. The van der Waals surface area contributed by atoms with E-state index in [1.165, 1.54) is 18.6 Å². The van der Waals surface area contributed by atoms with Gasteiger partial charge in [0.25, 0.3) is 11.5 Å². The number of rotatable bonds is 6. The Hall–Kier alpha value is -4.60. The zero-order chi connectivity index (χ0) is 25.8. The van der Waals surface area contributed by atoms with Crippen LogP contribution in [0.15, 0.2) is 66.1 Å². The minimum atomic E-state index is -0.436. The third kappa shape index (κ3) is 5.04. The van der Waals surface area contributed by atoms with E-state index in [2.05, 4.69) is 20.3 Å². The summed E-state index contributed by atoms with van der Waals surface area (Å²) in [7, 11) is 3.15. The molecule has 188 valence electrons. The maximum Gasteiger partial charge on any atom is 0.254 e. The molecule has 0 aliphatic carbocycles. The van der Waals surface area contributed by atoms with E-state index in [1.54, 1.807) is 43.3 Å². The van der Waals surface area contributed by atoms with E-state index in [0.29, 0.717) is 47.2 Å². The number of carbonyl (C=O) groups is 1. The SMILES string of the molecule is COc1ccc(-c2cncc(C(=O)NC3CCCCn4c3nc(-c3ccncn3)cc4=O)c2)cc1OC. The molecule has 10 heteroatoms. The Bertz CT molecular complexity index is 1490. The van der Waals surface area contributed by atoms with Gasteiger partial charge in [-0.25, -0.2) is 15.0 Å². The molecule has 0 fully saturated rings. The van der Waals surface area contributed by atoms with E-state index in [-0.39, 0.29) is 11.5 Å². The summed E-state index contributed by atoms with van der Waals surface area (Å²) in [6.45, 7) is 0.550. The first-order valence-corrected chi connectivity index (χ1v) is 11.9. The number of pyridine rings is 1. The molecule has 0 saturated carbocycles.